The molecule has 1 aromatic rings. The van der Waals surface area contributed by atoms with Crippen molar-refractivity contribution in [2.75, 3.05) is 13.6 Å². The number of H-pyrrole nitrogens is 1. The van der Waals surface area contributed by atoms with Gasteiger partial charge in [0.15, 0.2) is 0 Å². The maximum Gasteiger partial charge on any atom is 0.329 e. The molecule has 1 aliphatic heterocycles. The summed E-state index contributed by atoms with van der Waals surface area (Å²) in [4.78, 5) is 38.0. The zero-order valence-corrected chi connectivity index (χ0v) is 9.39. The van der Waals surface area contributed by atoms with Crippen molar-refractivity contribution in [2.45, 2.75) is 19.5 Å². The number of nitrogens with one attached hydrogen (secondary N) is 1. The van der Waals surface area contributed by atoms with Crippen molar-refractivity contribution >= 4 is 5.97 Å². The van der Waals surface area contributed by atoms with Crippen LogP contribution in [0.5, 0.6) is 0 Å². The molecule has 1 aliphatic rings. The Balaban J connectivity index is 2.61. The lowest BCUT2D eigenvalue weighted by Crippen LogP contribution is -2.42. The van der Waals surface area contributed by atoms with Crippen LogP contribution in [0.1, 0.15) is 11.3 Å². The van der Waals surface area contributed by atoms with Gasteiger partial charge in [-0.2, -0.15) is 0 Å². The van der Waals surface area contributed by atoms with E-state index in [1.54, 1.807) is 0 Å². The van der Waals surface area contributed by atoms with Gasteiger partial charge in [-0.15, -0.1) is 0 Å². The third-order valence-corrected chi connectivity index (χ3v) is 2.87. The molecule has 0 saturated heterocycles. The highest BCUT2D eigenvalue weighted by Crippen LogP contribution is 2.12. The van der Waals surface area contributed by atoms with E-state index in [1.807, 2.05) is 11.9 Å². The summed E-state index contributed by atoms with van der Waals surface area (Å²) in [6, 6.07) is 0. The fourth-order valence-electron chi connectivity index (χ4n) is 2.05. The first kappa shape index (κ1) is 11.6. The second-order valence-electron chi connectivity index (χ2n) is 4.15. The predicted octanol–water partition coefficient (Wildman–Crippen LogP) is -1.39. The van der Waals surface area contributed by atoms with Crippen LogP contribution in [0, 0.1) is 0 Å². The minimum Gasteiger partial charge on any atom is -0.480 e. The number of hydrogen-bond acceptors (Lipinski definition) is 4. The van der Waals surface area contributed by atoms with Crippen LogP contribution in [0.2, 0.25) is 0 Å². The largest absolute Gasteiger partial charge is 0.480 e. The minimum atomic E-state index is -1.10. The number of nitrogens with zero attached hydrogens (tertiary/aromatic N) is 2. The number of hydrogen-bond donors (Lipinski definition) is 2. The Labute approximate surface area is 96.3 Å². The molecule has 0 spiro atoms. The van der Waals surface area contributed by atoms with E-state index < -0.39 is 23.8 Å². The van der Waals surface area contributed by atoms with Gasteiger partial charge in [0.05, 0.1) is 5.56 Å². The summed E-state index contributed by atoms with van der Waals surface area (Å²) in [5, 5.41) is 8.75. The van der Waals surface area contributed by atoms with Gasteiger partial charge in [0, 0.05) is 25.2 Å². The first-order valence-corrected chi connectivity index (χ1v) is 5.24. The zero-order valence-electron chi connectivity index (χ0n) is 9.39. The summed E-state index contributed by atoms with van der Waals surface area (Å²) in [6.07, 6.45) is 0.512. The van der Waals surface area contributed by atoms with Crippen molar-refractivity contribution in [3.63, 3.8) is 0 Å². The van der Waals surface area contributed by atoms with Crippen LogP contribution in [0.4, 0.5) is 0 Å². The molecule has 1 aromatic heterocycles. The second kappa shape index (κ2) is 4.17. The van der Waals surface area contributed by atoms with Crippen molar-refractivity contribution in [1.29, 1.82) is 0 Å². The van der Waals surface area contributed by atoms with E-state index in [0.717, 1.165) is 4.57 Å². The van der Waals surface area contributed by atoms with Crippen LogP contribution in [0.3, 0.4) is 0 Å². The molecule has 17 heavy (non-hydrogen) atoms. The lowest BCUT2D eigenvalue weighted by Gasteiger charge is -2.25. The fraction of sp³-hybridized carbons (Fsp3) is 0.500. The summed E-state index contributed by atoms with van der Waals surface area (Å²) in [6.45, 7) is 0.724. The molecule has 0 saturated carbocycles. The molecule has 7 nitrogen and oxygen atoms in total. The van der Waals surface area contributed by atoms with Gasteiger partial charge >= 0.3 is 11.7 Å². The first-order valence-electron chi connectivity index (χ1n) is 5.24. The number of aromatic nitrogens is 2. The summed E-state index contributed by atoms with van der Waals surface area (Å²) in [7, 11) is 1.87. The maximum atomic E-state index is 11.6. The van der Waals surface area contributed by atoms with Crippen molar-refractivity contribution in [3.05, 3.63) is 32.1 Å². The number of carbonyl (C=O) groups is 1. The molecule has 0 aromatic carbocycles. The van der Waals surface area contributed by atoms with Crippen molar-refractivity contribution in [3.8, 4) is 0 Å². The summed E-state index contributed by atoms with van der Waals surface area (Å²) >= 11 is 0. The summed E-state index contributed by atoms with van der Waals surface area (Å²) in [5.41, 5.74) is -0.0438. The molecule has 92 valence electrons. The van der Waals surface area contributed by atoms with E-state index in [1.165, 1.54) is 0 Å². The van der Waals surface area contributed by atoms with Gasteiger partial charge in [-0.1, -0.05) is 0 Å². The predicted molar refractivity (Wildman–Crippen MR) is 59.0 cm³/mol. The molecule has 7 heteroatoms. The van der Waals surface area contributed by atoms with Gasteiger partial charge in [-0.25, -0.2) is 4.79 Å². The Morgan fingerprint density at radius 2 is 2.18 bits per heavy atom. The lowest BCUT2D eigenvalue weighted by molar-refractivity contribution is -0.137. The van der Waals surface area contributed by atoms with Gasteiger partial charge in [-0.3, -0.25) is 19.1 Å². The molecule has 0 atom stereocenters. The molecule has 0 bridgehead atoms. The Bertz CT molecular complexity index is 572. The molecule has 2 N–H and O–H groups in total. The number of fused-ring (bicyclic) bond motifs is 1. The average Bonchev–Trinajstić information content (AvgIpc) is 2.24. The van der Waals surface area contributed by atoms with E-state index in [-0.39, 0.29) is 0 Å². The van der Waals surface area contributed by atoms with Gasteiger partial charge < -0.3 is 10.0 Å². The average molecular weight is 239 g/mol. The molecule has 2 rings (SSSR count). The molecule has 0 aliphatic carbocycles. The fourth-order valence-corrected chi connectivity index (χ4v) is 2.05. The summed E-state index contributed by atoms with van der Waals surface area (Å²) in [5.74, 6) is -1.10. The standard InChI is InChI=1S/C10H13N3O4/c1-12-3-2-7-6(4-12)9(16)11-10(17)13(7)5-8(14)15/h2-5H2,1H3,(H,14,15)(H,11,16,17). The molecular formula is C10H13N3O4. The quantitative estimate of drug-likeness (QED) is 0.662. The Hall–Kier alpha value is -1.89. The van der Waals surface area contributed by atoms with E-state index in [4.69, 9.17) is 5.11 Å². The molecular weight excluding hydrogens is 226 g/mol. The number of aromatic amines is 1. The summed E-state index contributed by atoms with van der Waals surface area (Å²) < 4.78 is 1.13. The highest BCUT2D eigenvalue weighted by Gasteiger charge is 2.21. The number of likely N-dealkylation sites (N-methyl/N-ethyl adjacent to an activating group) is 1. The molecule has 0 amide bonds. The van der Waals surface area contributed by atoms with Crippen LogP contribution < -0.4 is 11.2 Å². The van der Waals surface area contributed by atoms with Gasteiger partial charge in [0.2, 0.25) is 0 Å². The number of carboxylic acid groups (broad SMARTS) is 1. The van der Waals surface area contributed by atoms with Gasteiger partial charge in [0.1, 0.15) is 6.54 Å². The monoisotopic (exact) mass is 239 g/mol. The maximum absolute atomic E-state index is 11.6. The Morgan fingerprint density at radius 1 is 1.47 bits per heavy atom. The van der Waals surface area contributed by atoms with Gasteiger partial charge in [-0.05, 0) is 7.05 Å². The second-order valence-corrected chi connectivity index (χ2v) is 4.15. The Morgan fingerprint density at radius 3 is 2.82 bits per heavy atom. The number of carboxylic acids is 1. The molecule has 2 heterocycles. The molecule has 0 radical (unpaired) electrons. The first-order chi connectivity index (χ1) is 7.99. The zero-order chi connectivity index (χ0) is 12.6. The minimum absolute atomic E-state index is 0.415. The van der Waals surface area contributed by atoms with Crippen molar-refractivity contribution in [1.82, 2.24) is 14.5 Å². The number of rotatable bonds is 2. The SMILES string of the molecule is CN1CCc2c(c(=O)[nH]c(=O)n2CC(=O)O)C1. The van der Waals surface area contributed by atoms with E-state index in [0.29, 0.717) is 30.8 Å². The Kier molecular flexibility index (Phi) is 2.84. The van der Waals surface area contributed by atoms with E-state index in [9.17, 15) is 14.4 Å². The van der Waals surface area contributed by atoms with Crippen LogP contribution >= 0.6 is 0 Å². The normalized spacial score (nSPS) is 15.6. The molecule has 0 unspecified atom stereocenters. The third kappa shape index (κ3) is 2.14. The number of aliphatic carboxylic acids is 1. The van der Waals surface area contributed by atoms with Crippen LogP contribution in [-0.4, -0.2) is 39.1 Å². The van der Waals surface area contributed by atoms with Crippen LogP contribution in [0.15, 0.2) is 9.59 Å². The smallest absolute Gasteiger partial charge is 0.329 e. The topological polar surface area (TPSA) is 95.4 Å². The molecule has 0 fully saturated rings. The third-order valence-electron chi connectivity index (χ3n) is 2.87. The lowest BCUT2D eigenvalue weighted by atomic mass is 10.1. The van der Waals surface area contributed by atoms with Crippen LogP contribution in [-0.2, 0) is 24.3 Å². The van der Waals surface area contributed by atoms with Crippen molar-refractivity contribution < 1.29 is 9.90 Å². The van der Waals surface area contributed by atoms with Crippen LogP contribution in [0.25, 0.3) is 0 Å². The van der Waals surface area contributed by atoms with E-state index >= 15 is 0 Å². The highest BCUT2D eigenvalue weighted by molar-refractivity contribution is 5.66. The van der Waals surface area contributed by atoms with Gasteiger partial charge in [0.25, 0.3) is 5.56 Å². The van der Waals surface area contributed by atoms with E-state index in [2.05, 4.69) is 4.98 Å². The highest BCUT2D eigenvalue weighted by atomic mass is 16.4. The van der Waals surface area contributed by atoms with Crippen molar-refractivity contribution in [2.24, 2.45) is 0 Å².